The molecule has 3 aromatic rings. The molecule has 0 bridgehead atoms. The van der Waals surface area contributed by atoms with Crippen molar-refractivity contribution in [2.24, 2.45) is 0 Å². The second-order valence-corrected chi connectivity index (χ2v) is 7.20. The summed E-state index contributed by atoms with van der Waals surface area (Å²) in [4.78, 5) is 26.1. The molecule has 1 amide bonds. The van der Waals surface area contributed by atoms with Crippen LogP contribution in [-0.4, -0.2) is 30.1 Å². The third-order valence-corrected chi connectivity index (χ3v) is 4.79. The van der Waals surface area contributed by atoms with Crippen LogP contribution in [0.3, 0.4) is 0 Å². The SMILES string of the molecule is Cc1ccc(C)c(NC(=O)[C@@H](OC(=O)c2ccccc2NCCO)c2ccccc2)c1. The lowest BCUT2D eigenvalue weighted by atomic mass is 10.1. The first-order chi connectivity index (χ1) is 15.0. The van der Waals surface area contributed by atoms with E-state index in [2.05, 4.69) is 10.6 Å². The number of esters is 1. The molecule has 1 atom stereocenters. The smallest absolute Gasteiger partial charge is 0.341 e. The molecule has 3 rings (SSSR count). The minimum Gasteiger partial charge on any atom is -0.444 e. The standard InChI is InChI=1S/C25H26N2O4/c1-17-12-13-18(2)22(16-17)27-24(29)23(19-8-4-3-5-9-19)31-25(30)20-10-6-7-11-21(20)26-14-15-28/h3-13,16,23,26,28H,14-15H2,1-2H3,(H,27,29)/t23-/m0/s1. The van der Waals surface area contributed by atoms with Gasteiger partial charge in [0.05, 0.1) is 12.2 Å². The van der Waals surface area contributed by atoms with E-state index in [1.54, 1.807) is 48.5 Å². The van der Waals surface area contributed by atoms with E-state index < -0.39 is 18.0 Å². The molecular weight excluding hydrogens is 392 g/mol. The van der Waals surface area contributed by atoms with E-state index >= 15 is 0 Å². The van der Waals surface area contributed by atoms with E-state index in [1.165, 1.54) is 0 Å². The van der Waals surface area contributed by atoms with Crippen molar-refractivity contribution >= 4 is 23.3 Å². The molecule has 31 heavy (non-hydrogen) atoms. The molecule has 6 nitrogen and oxygen atoms in total. The van der Waals surface area contributed by atoms with Gasteiger partial charge in [0.1, 0.15) is 0 Å². The van der Waals surface area contributed by atoms with Crippen molar-refractivity contribution in [1.29, 1.82) is 0 Å². The van der Waals surface area contributed by atoms with Crippen LogP contribution >= 0.6 is 0 Å². The topological polar surface area (TPSA) is 87.7 Å². The minimum absolute atomic E-state index is 0.0751. The average molecular weight is 418 g/mol. The van der Waals surface area contributed by atoms with Crippen molar-refractivity contribution in [2.75, 3.05) is 23.8 Å². The van der Waals surface area contributed by atoms with Gasteiger partial charge in [0.15, 0.2) is 0 Å². The maximum atomic E-state index is 13.2. The number of para-hydroxylation sites is 1. The summed E-state index contributed by atoms with van der Waals surface area (Å²) in [5.41, 5.74) is 3.99. The van der Waals surface area contributed by atoms with E-state index in [1.807, 2.05) is 38.1 Å². The van der Waals surface area contributed by atoms with Crippen molar-refractivity contribution in [3.05, 3.63) is 95.1 Å². The van der Waals surface area contributed by atoms with Crippen LogP contribution in [0.25, 0.3) is 0 Å². The van der Waals surface area contributed by atoms with E-state index in [0.717, 1.165) is 11.1 Å². The first-order valence-electron chi connectivity index (χ1n) is 10.1. The highest BCUT2D eigenvalue weighted by molar-refractivity contribution is 6.00. The van der Waals surface area contributed by atoms with Crippen LogP contribution in [-0.2, 0) is 9.53 Å². The molecule has 0 aromatic heterocycles. The number of nitrogens with one attached hydrogen (secondary N) is 2. The Morgan fingerprint density at radius 1 is 0.935 bits per heavy atom. The lowest BCUT2D eigenvalue weighted by Crippen LogP contribution is -2.26. The summed E-state index contributed by atoms with van der Waals surface area (Å²) in [5.74, 6) is -1.07. The molecule has 0 aliphatic heterocycles. The highest BCUT2D eigenvalue weighted by Crippen LogP contribution is 2.25. The lowest BCUT2D eigenvalue weighted by molar-refractivity contribution is -0.125. The van der Waals surface area contributed by atoms with Gasteiger partial charge in [-0.3, -0.25) is 4.79 Å². The summed E-state index contributed by atoms with van der Waals surface area (Å²) in [7, 11) is 0. The minimum atomic E-state index is -1.13. The largest absolute Gasteiger partial charge is 0.444 e. The molecular formula is C25H26N2O4. The zero-order chi connectivity index (χ0) is 22.2. The molecule has 160 valence electrons. The molecule has 0 saturated carbocycles. The third-order valence-electron chi connectivity index (χ3n) is 4.79. The van der Waals surface area contributed by atoms with Gasteiger partial charge in [-0.1, -0.05) is 54.6 Å². The highest BCUT2D eigenvalue weighted by Gasteiger charge is 2.27. The number of ether oxygens (including phenoxy) is 1. The van der Waals surface area contributed by atoms with Crippen molar-refractivity contribution in [3.8, 4) is 0 Å². The summed E-state index contributed by atoms with van der Waals surface area (Å²) in [6.45, 7) is 4.07. The number of aliphatic hydroxyl groups is 1. The van der Waals surface area contributed by atoms with E-state index in [-0.39, 0.29) is 12.2 Å². The zero-order valence-corrected chi connectivity index (χ0v) is 17.6. The average Bonchev–Trinajstić information content (AvgIpc) is 2.79. The number of amides is 1. The number of hydrogen-bond donors (Lipinski definition) is 3. The Labute approximate surface area is 181 Å². The molecule has 0 heterocycles. The number of anilines is 2. The van der Waals surface area contributed by atoms with E-state index in [4.69, 9.17) is 9.84 Å². The molecule has 0 aliphatic rings. The normalized spacial score (nSPS) is 11.5. The van der Waals surface area contributed by atoms with Crippen LogP contribution in [0.1, 0.15) is 33.2 Å². The van der Waals surface area contributed by atoms with Gasteiger partial charge < -0.3 is 20.5 Å². The van der Waals surface area contributed by atoms with Crippen LogP contribution in [0.4, 0.5) is 11.4 Å². The first kappa shape index (κ1) is 22.1. The van der Waals surface area contributed by atoms with Crippen LogP contribution in [0.15, 0.2) is 72.8 Å². The van der Waals surface area contributed by atoms with Crippen LogP contribution in [0.5, 0.6) is 0 Å². The van der Waals surface area contributed by atoms with Gasteiger partial charge in [-0.2, -0.15) is 0 Å². The maximum absolute atomic E-state index is 13.2. The number of hydrogen-bond acceptors (Lipinski definition) is 5. The van der Waals surface area contributed by atoms with Gasteiger partial charge in [-0.05, 0) is 43.2 Å². The molecule has 3 aromatic carbocycles. The Kier molecular flexibility index (Phi) is 7.40. The summed E-state index contributed by atoms with van der Waals surface area (Å²) in [6.07, 6.45) is -1.13. The second kappa shape index (κ2) is 10.4. The zero-order valence-electron chi connectivity index (χ0n) is 17.6. The Morgan fingerprint density at radius 3 is 2.39 bits per heavy atom. The highest BCUT2D eigenvalue weighted by atomic mass is 16.5. The number of carbonyl (C=O) groups is 2. The summed E-state index contributed by atoms with van der Waals surface area (Å²) in [5, 5.41) is 15.0. The van der Waals surface area contributed by atoms with Gasteiger partial charge in [-0.15, -0.1) is 0 Å². The number of benzene rings is 3. The Morgan fingerprint density at radius 2 is 1.65 bits per heavy atom. The van der Waals surface area contributed by atoms with Crippen LogP contribution < -0.4 is 10.6 Å². The number of aryl methyl sites for hydroxylation is 2. The summed E-state index contributed by atoms with van der Waals surface area (Å²) < 4.78 is 5.69. The maximum Gasteiger partial charge on any atom is 0.341 e. The van der Waals surface area contributed by atoms with Crippen molar-refractivity contribution in [3.63, 3.8) is 0 Å². The van der Waals surface area contributed by atoms with Crippen LogP contribution in [0.2, 0.25) is 0 Å². The molecule has 3 N–H and O–H groups in total. The molecule has 0 unspecified atom stereocenters. The number of carbonyl (C=O) groups excluding carboxylic acids is 2. The first-order valence-corrected chi connectivity index (χ1v) is 10.1. The van der Waals surface area contributed by atoms with Gasteiger partial charge in [-0.25, -0.2) is 4.79 Å². The molecule has 0 spiro atoms. The van der Waals surface area contributed by atoms with Crippen molar-refractivity contribution in [2.45, 2.75) is 20.0 Å². The van der Waals surface area contributed by atoms with E-state index in [9.17, 15) is 9.59 Å². The third kappa shape index (κ3) is 5.71. The Bertz CT molecular complexity index is 1050. The predicted molar refractivity (Wildman–Crippen MR) is 121 cm³/mol. The fourth-order valence-corrected chi connectivity index (χ4v) is 3.15. The summed E-state index contributed by atoms with van der Waals surface area (Å²) >= 11 is 0. The van der Waals surface area contributed by atoms with Crippen molar-refractivity contribution in [1.82, 2.24) is 0 Å². The second-order valence-electron chi connectivity index (χ2n) is 7.20. The van der Waals surface area contributed by atoms with Gasteiger partial charge in [0, 0.05) is 23.5 Å². The van der Waals surface area contributed by atoms with Gasteiger partial charge in [0.2, 0.25) is 6.10 Å². The summed E-state index contributed by atoms with van der Waals surface area (Å²) in [6, 6.07) is 21.5. The quantitative estimate of drug-likeness (QED) is 0.476. The predicted octanol–water partition coefficient (Wildman–Crippen LogP) is 4.24. The number of rotatable bonds is 8. The fourth-order valence-electron chi connectivity index (χ4n) is 3.15. The van der Waals surface area contributed by atoms with Gasteiger partial charge >= 0.3 is 5.97 Å². The van der Waals surface area contributed by atoms with Crippen molar-refractivity contribution < 1.29 is 19.4 Å². The molecule has 0 saturated heterocycles. The lowest BCUT2D eigenvalue weighted by Gasteiger charge is -2.20. The Balaban J connectivity index is 1.88. The van der Waals surface area contributed by atoms with Crippen LogP contribution in [0, 0.1) is 13.8 Å². The molecule has 0 fully saturated rings. The molecule has 0 aliphatic carbocycles. The number of aliphatic hydroxyl groups excluding tert-OH is 1. The monoisotopic (exact) mass is 418 g/mol. The van der Waals surface area contributed by atoms with Gasteiger partial charge in [0.25, 0.3) is 5.91 Å². The molecule has 6 heteroatoms. The Hall–Kier alpha value is -3.64. The molecule has 0 radical (unpaired) electrons. The fraction of sp³-hybridized carbons (Fsp3) is 0.200. The van der Waals surface area contributed by atoms with E-state index in [0.29, 0.717) is 23.5 Å².